The first-order chi connectivity index (χ1) is 9.83. The summed E-state index contributed by atoms with van der Waals surface area (Å²) in [5.74, 6) is -0.442. The van der Waals surface area contributed by atoms with E-state index in [4.69, 9.17) is 0 Å². The molecule has 0 saturated carbocycles. The van der Waals surface area contributed by atoms with E-state index in [0.717, 1.165) is 12.0 Å². The molecule has 0 bridgehead atoms. The summed E-state index contributed by atoms with van der Waals surface area (Å²) in [6.07, 6.45) is 11.6. The summed E-state index contributed by atoms with van der Waals surface area (Å²) in [4.78, 5) is 0. The number of hydrogen-bond donors (Lipinski definition) is 0. The zero-order chi connectivity index (χ0) is 16.4. The maximum atomic E-state index is 14.1. The Morgan fingerprint density at radius 2 is 1.57 bits per heavy atom. The molecular formula is C20H25F. The first-order valence-electron chi connectivity index (χ1n) is 6.94. The lowest BCUT2D eigenvalue weighted by Crippen LogP contribution is -1.87. The van der Waals surface area contributed by atoms with Gasteiger partial charge in [0, 0.05) is 5.57 Å². The van der Waals surface area contributed by atoms with Gasteiger partial charge in [-0.25, -0.2) is 4.39 Å². The highest BCUT2D eigenvalue weighted by molar-refractivity contribution is 5.52. The van der Waals surface area contributed by atoms with Crippen molar-refractivity contribution >= 4 is 0 Å². The summed E-state index contributed by atoms with van der Waals surface area (Å²) in [6.45, 7) is 21.2. The van der Waals surface area contributed by atoms with E-state index in [-0.39, 0.29) is 5.57 Å². The SMILES string of the molecule is C=C(/C=C\C(C)=C/C)C(=C)/C=C(/F)C(=C)C(=C)/C=C\CC. The van der Waals surface area contributed by atoms with Gasteiger partial charge in [-0.3, -0.25) is 0 Å². The number of hydrogen-bond acceptors (Lipinski definition) is 0. The van der Waals surface area contributed by atoms with Crippen molar-refractivity contribution in [3.8, 4) is 0 Å². The smallest absolute Gasteiger partial charge is 0.131 e. The van der Waals surface area contributed by atoms with Gasteiger partial charge in [0.2, 0.25) is 0 Å². The average Bonchev–Trinajstić information content (AvgIpc) is 2.48. The van der Waals surface area contributed by atoms with Gasteiger partial charge in [-0.2, -0.15) is 0 Å². The second-order valence-electron chi connectivity index (χ2n) is 4.72. The number of halogens is 1. The van der Waals surface area contributed by atoms with Crippen molar-refractivity contribution in [2.75, 3.05) is 0 Å². The predicted octanol–water partition coefficient (Wildman–Crippen LogP) is 6.55. The highest BCUT2D eigenvalue weighted by atomic mass is 19.1. The second-order valence-corrected chi connectivity index (χ2v) is 4.72. The fraction of sp³-hybridized carbons (Fsp3) is 0.200. The molecule has 21 heavy (non-hydrogen) atoms. The minimum atomic E-state index is -0.442. The Bertz CT molecular complexity index is 548. The van der Waals surface area contributed by atoms with Crippen LogP contribution >= 0.6 is 0 Å². The van der Waals surface area contributed by atoms with Crippen molar-refractivity contribution in [1.29, 1.82) is 0 Å². The number of allylic oxidation sites excluding steroid dienone is 12. The maximum Gasteiger partial charge on any atom is 0.131 e. The number of rotatable bonds is 8. The predicted molar refractivity (Wildman–Crippen MR) is 93.8 cm³/mol. The van der Waals surface area contributed by atoms with Crippen LogP contribution in [0.4, 0.5) is 4.39 Å². The Kier molecular flexibility index (Phi) is 8.71. The van der Waals surface area contributed by atoms with Gasteiger partial charge in [0.25, 0.3) is 0 Å². The van der Waals surface area contributed by atoms with Crippen molar-refractivity contribution in [3.05, 3.63) is 96.5 Å². The van der Waals surface area contributed by atoms with Crippen LogP contribution in [0.1, 0.15) is 27.2 Å². The van der Waals surface area contributed by atoms with Crippen molar-refractivity contribution < 1.29 is 4.39 Å². The van der Waals surface area contributed by atoms with Crippen molar-refractivity contribution in [2.45, 2.75) is 27.2 Å². The molecular weight excluding hydrogens is 259 g/mol. The quantitative estimate of drug-likeness (QED) is 0.443. The first kappa shape index (κ1) is 18.9. The molecule has 0 aliphatic carbocycles. The molecule has 0 aliphatic heterocycles. The Hall–Kier alpha value is -2.15. The first-order valence-corrected chi connectivity index (χ1v) is 6.94. The van der Waals surface area contributed by atoms with Gasteiger partial charge in [0.1, 0.15) is 5.83 Å². The third kappa shape index (κ3) is 7.26. The molecule has 0 aromatic rings. The molecule has 0 heterocycles. The van der Waals surface area contributed by atoms with E-state index < -0.39 is 5.83 Å². The Balaban J connectivity index is 4.91. The minimum Gasteiger partial charge on any atom is -0.206 e. The summed E-state index contributed by atoms with van der Waals surface area (Å²) in [6, 6.07) is 0. The van der Waals surface area contributed by atoms with Crippen LogP contribution in [0.25, 0.3) is 0 Å². The van der Waals surface area contributed by atoms with Crippen LogP contribution in [0, 0.1) is 0 Å². The topological polar surface area (TPSA) is 0 Å². The Morgan fingerprint density at radius 1 is 0.952 bits per heavy atom. The van der Waals surface area contributed by atoms with E-state index in [2.05, 4.69) is 26.3 Å². The van der Waals surface area contributed by atoms with Crippen LogP contribution in [0.5, 0.6) is 0 Å². The molecule has 0 aliphatic rings. The molecule has 0 radical (unpaired) electrons. The molecule has 0 atom stereocenters. The standard InChI is InChI=1S/C20H25F/c1-8-10-11-17(5)19(7)20(21)14-18(6)16(4)13-12-15(3)9-2/h9-14H,4-8H2,1-3H3/b11-10-,13-12-,15-9-,20-14+. The average molecular weight is 284 g/mol. The lowest BCUT2D eigenvalue weighted by molar-refractivity contribution is 0.655. The lowest BCUT2D eigenvalue weighted by Gasteiger charge is -2.05. The highest BCUT2D eigenvalue weighted by Gasteiger charge is 2.05. The molecule has 0 aromatic carbocycles. The summed E-state index contributed by atoms with van der Waals surface area (Å²) >= 11 is 0. The Labute approximate surface area is 128 Å². The van der Waals surface area contributed by atoms with Gasteiger partial charge in [-0.05, 0) is 43.1 Å². The van der Waals surface area contributed by atoms with Gasteiger partial charge in [-0.1, -0.05) is 69.2 Å². The van der Waals surface area contributed by atoms with E-state index in [1.54, 1.807) is 6.08 Å². The zero-order valence-electron chi connectivity index (χ0n) is 13.4. The van der Waals surface area contributed by atoms with Crippen LogP contribution < -0.4 is 0 Å². The van der Waals surface area contributed by atoms with E-state index in [1.807, 2.05) is 45.1 Å². The van der Waals surface area contributed by atoms with Crippen LogP contribution in [0.15, 0.2) is 96.5 Å². The molecule has 1 heteroatoms. The molecule has 0 rings (SSSR count). The largest absolute Gasteiger partial charge is 0.206 e. The van der Waals surface area contributed by atoms with E-state index in [1.165, 1.54) is 6.08 Å². The fourth-order valence-corrected chi connectivity index (χ4v) is 1.28. The summed E-state index contributed by atoms with van der Waals surface area (Å²) in [5, 5.41) is 0. The summed E-state index contributed by atoms with van der Waals surface area (Å²) in [5.41, 5.74) is 3.11. The summed E-state index contributed by atoms with van der Waals surface area (Å²) < 4.78 is 14.1. The highest BCUT2D eigenvalue weighted by Crippen LogP contribution is 2.22. The Morgan fingerprint density at radius 3 is 2.10 bits per heavy atom. The van der Waals surface area contributed by atoms with Crippen molar-refractivity contribution in [3.63, 3.8) is 0 Å². The molecule has 0 aromatic heterocycles. The van der Waals surface area contributed by atoms with Gasteiger partial charge in [0.05, 0.1) is 0 Å². The molecule has 0 amide bonds. The normalized spacial score (nSPS) is 13.0. The monoisotopic (exact) mass is 284 g/mol. The third-order valence-electron chi connectivity index (χ3n) is 2.95. The minimum absolute atomic E-state index is 0.266. The zero-order valence-corrected chi connectivity index (χ0v) is 13.4. The molecule has 0 saturated heterocycles. The molecule has 0 spiro atoms. The van der Waals surface area contributed by atoms with E-state index in [0.29, 0.717) is 16.7 Å². The van der Waals surface area contributed by atoms with Crippen LogP contribution in [-0.2, 0) is 0 Å². The van der Waals surface area contributed by atoms with Gasteiger partial charge in [-0.15, -0.1) is 0 Å². The van der Waals surface area contributed by atoms with Gasteiger partial charge < -0.3 is 0 Å². The molecule has 112 valence electrons. The van der Waals surface area contributed by atoms with E-state index in [9.17, 15) is 4.39 Å². The van der Waals surface area contributed by atoms with Gasteiger partial charge >= 0.3 is 0 Å². The van der Waals surface area contributed by atoms with Crippen LogP contribution in [0.3, 0.4) is 0 Å². The van der Waals surface area contributed by atoms with Crippen LogP contribution in [0.2, 0.25) is 0 Å². The molecule has 0 N–H and O–H groups in total. The van der Waals surface area contributed by atoms with E-state index >= 15 is 0 Å². The molecule has 0 fully saturated rings. The van der Waals surface area contributed by atoms with Crippen LogP contribution in [-0.4, -0.2) is 0 Å². The van der Waals surface area contributed by atoms with Crippen molar-refractivity contribution in [2.24, 2.45) is 0 Å². The molecule has 0 nitrogen and oxygen atoms in total. The third-order valence-corrected chi connectivity index (χ3v) is 2.95. The lowest BCUT2D eigenvalue weighted by atomic mass is 10.0. The fourth-order valence-electron chi connectivity index (χ4n) is 1.28. The second kappa shape index (κ2) is 9.71. The summed E-state index contributed by atoms with van der Waals surface area (Å²) in [7, 11) is 0. The van der Waals surface area contributed by atoms with Crippen molar-refractivity contribution in [1.82, 2.24) is 0 Å². The maximum absolute atomic E-state index is 14.1. The van der Waals surface area contributed by atoms with Gasteiger partial charge in [0.15, 0.2) is 0 Å². The molecule has 0 unspecified atom stereocenters.